The third-order valence-electron chi connectivity index (χ3n) is 9.79. The Morgan fingerprint density at radius 1 is 1.04 bits per heavy atom. The number of carbonyl (C=O) groups excluding carboxylic acids is 1. The van der Waals surface area contributed by atoms with E-state index in [1.807, 2.05) is 41.5 Å². The number of benzene rings is 2. The highest BCUT2D eigenvalue weighted by Crippen LogP contribution is 2.60. The first-order valence-corrected chi connectivity index (χ1v) is 20.1. The molecule has 17 heteroatoms. The fourth-order valence-corrected chi connectivity index (χ4v) is 9.74. The minimum Gasteiger partial charge on any atom is -0.493 e. The summed E-state index contributed by atoms with van der Waals surface area (Å²) in [6.45, 7) is 14.7. The number of methoxy groups -OCH3 is 1. The molecule has 4 aromatic rings. The van der Waals surface area contributed by atoms with Gasteiger partial charge in [-0.05, 0) is 67.3 Å². The molecule has 0 unspecified atom stereocenters. The van der Waals surface area contributed by atoms with E-state index in [4.69, 9.17) is 14.0 Å². The number of hydrogen-bond acceptors (Lipinski definition) is 11. The molecule has 1 saturated heterocycles. The summed E-state index contributed by atoms with van der Waals surface area (Å²) >= 11 is 1.22. The fraction of sp³-hybridized carbons (Fsp3) is 0.514. The highest BCUT2D eigenvalue weighted by molar-refractivity contribution is 7.46. The van der Waals surface area contributed by atoms with E-state index in [9.17, 15) is 27.9 Å². The van der Waals surface area contributed by atoms with Gasteiger partial charge in [-0.1, -0.05) is 47.6 Å². The van der Waals surface area contributed by atoms with Gasteiger partial charge in [0.05, 0.1) is 36.9 Å². The number of phosphoric ester groups is 1. The van der Waals surface area contributed by atoms with Gasteiger partial charge in [0.2, 0.25) is 5.91 Å². The van der Waals surface area contributed by atoms with E-state index in [0.717, 1.165) is 45.0 Å². The Hall–Kier alpha value is -3.79. The number of rotatable bonds is 14. The van der Waals surface area contributed by atoms with Gasteiger partial charge in [0.15, 0.2) is 28.3 Å². The number of aromatic nitrogens is 3. The molecule has 1 aliphatic heterocycles. The first-order chi connectivity index (χ1) is 25.3. The molecule has 1 fully saturated rings. The summed E-state index contributed by atoms with van der Waals surface area (Å²) in [7, 11) is -3.20. The average molecular weight is 791 g/mol. The topological polar surface area (TPSA) is 168 Å². The molecule has 2 aromatic heterocycles. The summed E-state index contributed by atoms with van der Waals surface area (Å²) < 4.78 is 57.3. The molecule has 1 amide bonds. The molecule has 2 aromatic carbocycles. The molecule has 4 N–H and O–H groups in total. The summed E-state index contributed by atoms with van der Waals surface area (Å²) in [5.41, 5.74) is -1.70. The molecule has 3 heterocycles. The second-order valence-corrected chi connectivity index (χ2v) is 17.7. The van der Waals surface area contributed by atoms with E-state index in [2.05, 4.69) is 30.5 Å². The smallest absolute Gasteiger partial charge is 0.470 e. The van der Waals surface area contributed by atoms with Crippen molar-refractivity contribution in [1.82, 2.24) is 19.9 Å². The molecule has 0 bridgehead atoms. The average Bonchev–Trinajstić information content (AvgIpc) is 3.52. The van der Waals surface area contributed by atoms with E-state index in [0.29, 0.717) is 44.8 Å². The van der Waals surface area contributed by atoms with Crippen LogP contribution in [0.3, 0.4) is 0 Å². The van der Waals surface area contributed by atoms with Gasteiger partial charge in [-0.3, -0.25) is 9.32 Å². The van der Waals surface area contributed by atoms with Crippen molar-refractivity contribution in [3.8, 4) is 11.5 Å². The molecule has 294 valence electrons. The van der Waals surface area contributed by atoms with Gasteiger partial charge in [0, 0.05) is 29.1 Å². The zero-order chi connectivity index (χ0) is 39.5. The first-order valence-electron chi connectivity index (χ1n) is 17.7. The Balaban J connectivity index is 1.17. The third-order valence-corrected chi connectivity index (χ3v) is 11.2. The number of amides is 1. The van der Waals surface area contributed by atoms with E-state index in [-0.39, 0.29) is 18.0 Å². The highest BCUT2D eigenvalue weighted by atomic mass is 32.1. The molecule has 0 atom stereocenters. The van der Waals surface area contributed by atoms with Crippen LogP contribution in [0, 0.1) is 28.4 Å². The predicted molar refractivity (Wildman–Crippen MR) is 204 cm³/mol. The number of ether oxygens (including phenoxy) is 2. The number of thiazole rings is 1. The number of phosphoric acid groups is 1. The fourth-order valence-electron chi connectivity index (χ4n) is 7.86. The molecule has 5 rings (SSSR count). The lowest BCUT2D eigenvalue weighted by Gasteiger charge is -2.58. The Morgan fingerprint density at radius 2 is 1.74 bits per heavy atom. The molecule has 54 heavy (non-hydrogen) atoms. The molecular formula is C37H49F2N6O7PS. The lowest BCUT2D eigenvalue weighted by atomic mass is 9.55. The van der Waals surface area contributed by atoms with Gasteiger partial charge in [-0.15, -0.1) is 11.3 Å². The van der Waals surface area contributed by atoms with Crippen molar-refractivity contribution >= 4 is 52.6 Å². The quantitative estimate of drug-likeness (QED) is 0.0726. The number of piperidine rings is 1. The summed E-state index contributed by atoms with van der Waals surface area (Å²) in [5.74, 6) is -1.23. The Morgan fingerprint density at radius 3 is 2.39 bits per heavy atom. The Labute approximate surface area is 318 Å². The van der Waals surface area contributed by atoms with Crippen LogP contribution in [0.5, 0.6) is 11.5 Å². The number of nitrogens with zero attached hydrogens (tertiary/aromatic N) is 4. The summed E-state index contributed by atoms with van der Waals surface area (Å²) in [5, 5.41) is 6.68. The van der Waals surface area contributed by atoms with Crippen LogP contribution >= 0.6 is 19.2 Å². The number of likely N-dealkylation sites (tertiary alicyclic amines) is 1. The molecule has 0 spiro atoms. The van der Waals surface area contributed by atoms with E-state index in [1.165, 1.54) is 36.0 Å². The van der Waals surface area contributed by atoms with Crippen molar-refractivity contribution in [2.45, 2.75) is 72.8 Å². The summed E-state index contributed by atoms with van der Waals surface area (Å²) in [6.07, 6.45) is 5.10. The number of nitrogens with one attached hydrogen (secondary N) is 2. The van der Waals surface area contributed by atoms with Crippen molar-refractivity contribution in [2.24, 2.45) is 16.7 Å². The molecular weight excluding hydrogens is 741 g/mol. The predicted octanol–water partition coefficient (Wildman–Crippen LogP) is 7.72. The van der Waals surface area contributed by atoms with Gasteiger partial charge in [-0.25, -0.2) is 28.3 Å². The van der Waals surface area contributed by atoms with Crippen molar-refractivity contribution in [3.05, 3.63) is 59.4 Å². The maximum absolute atomic E-state index is 14.0. The van der Waals surface area contributed by atoms with Crippen LogP contribution in [-0.2, 0) is 20.3 Å². The van der Waals surface area contributed by atoms with Crippen molar-refractivity contribution in [2.75, 3.05) is 44.0 Å². The minimum atomic E-state index is -4.75. The van der Waals surface area contributed by atoms with Gasteiger partial charge >= 0.3 is 7.82 Å². The van der Waals surface area contributed by atoms with Crippen LogP contribution in [0.4, 0.5) is 25.4 Å². The van der Waals surface area contributed by atoms with Gasteiger partial charge in [0.25, 0.3) is 0 Å². The second kappa shape index (κ2) is 16.5. The normalized spacial score (nSPS) is 15.0. The van der Waals surface area contributed by atoms with Crippen LogP contribution in [0.25, 0.3) is 10.9 Å². The number of carbonyl (C=O) groups is 1. The van der Waals surface area contributed by atoms with Crippen LogP contribution in [0.2, 0.25) is 0 Å². The zero-order valence-electron chi connectivity index (χ0n) is 31.6. The van der Waals surface area contributed by atoms with E-state index >= 15 is 0 Å². The van der Waals surface area contributed by atoms with Crippen molar-refractivity contribution < 1.29 is 41.9 Å². The molecule has 1 aliphatic rings. The van der Waals surface area contributed by atoms with Crippen LogP contribution in [-0.4, -0.2) is 74.5 Å². The number of fused-ring (bicyclic) bond motifs is 1. The Kier molecular flexibility index (Phi) is 12.7. The third kappa shape index (κ3) is 9.53. The minimum absolute atomic E-state index is 0.0368. The van der Waals surface area contributed by atoms with Crippen molar-refractivity contribution in [3.63, 3.8) is 0 Å². The number of halogens is 2. The maximum atomic E-state index is 14.0. The SMILES string of the molecule is COc1cc2c(Nc3ncc(CC(=O)Nc4cccc(F)c4F)s3)ncnc2cc1OCCCN1CCC(C(OP(=O)(O)O)(C(C)(C)C)C(C)(C)C)CC1. The lowest BCUT2D eigenvalue weighted by Crippen LogP contribution is -2.61. The molecule has 0 radical (unpaired) electrons. The molecule has 0 aliphatic carbocycles. The molecule has 0 saturated carbocycles. The second-order valence-electron chi connectivity index (χ2n) is 15.5. The maximum Gasteiger partial charge on any atom is 0.470 e. The van der Waals surface area contributed by atoms with E-state index in [1.54, 1.807) is 19.2 Å². The van der Waals surface area contributed by atoms with Crippen LogP contribution < -0.4 is 20.1 Å². The highest BCUT2D eigenvalue weighted by Gasteiger charge is 2.59. The van der Waals surface area contributed by atoms with Gasteiger partial charge in [-0.2, -0.15) is 0 Å². The number of hydrogen-bond donors (Lipinski definition) is 4. The standard InChI is InChI=1S/C37H49F2N6O7PS/c1-35(2,3)37(36(4,5)6,52-53(47,48)49)23-12-15-45(16-13-23)14-9-17-51-30-20-28-25(19-29(30)50-7)33(42-22-41-28)44-34-40-21-24(54-34)18-31(46)43-27-11-8-10-26(38)32(27)39/h8,10-11,19-23H,9,12-18H2,1-7H3,(H,43,46)(H2,47,48,49)(H,40,41,42,44). The van der Waals surface area contributed by atoms with Gasteiger partial charge in [0.1, 0.15) is 12.1 Å². The largest absolute Gasteiger partial charge is 0.493 e. The summed E-state index contributed by atoms with van der Waals surface area (Å²) in [4.78, 5) is 48.5. The van der Waals surface area contributed by atoms with Crippen LogP contribution in [0.1, 0.15) is 65.7 Å². The summed E-state index contributed by atoms with van der Waals surface area (Å²) in [6, 6.07) is 7.15. The van der Waals surface area contributed by atoms with Crippen molar-refractivity contribution in [1.29, 1.82) is 0 Å². The first kappa shape index (κ1) is 41.4. The monoisotopic (exact) mass is 790 g/mol. The van der Waals surface area contributed by atoms with Crippen LogP contribution in [0.15, 0.2) is 42.9 Å². The van der Waals surface area contributed by atoms with E-state index < -0.39 is 41.8 Å². The Bertz CT molecular complexity index is 1980. The van der Waals surface area contributed by atoms with Gasteiger partial charge < -0.3 is 34.8 Å². The lowest BCUT2D eigenvalue weighted by molar-refractivity contribution is -0.176. The number of anilines is 3. The molecule has 13 nitrogen and oxygen atoms in total. The zero-order valence-corrected chi connectivity index (χ0v) is 33.3.